The van der Waals surface area contributed by atoms with Crippen molar-refractivity contribution in [1.82, 2.24) is 20.2 Å². The van der Waals surface area contributed by atoms with Gasteiger partial charge in [-0.15, -0.1) is 11.3 Å². The minimum Gasteiger partial charge on any atom is -0.353 e. The Bertz CT molecular complexity index is 1260. The van der Waals surface area contributed by atoms with Crippen LogP contribution in [0.2, 0.25) is 0 Å². The van der Waals surface area contributed by atoms with E-state index in [1.54, 1.807) is 6.20 Å². The van der Waals surface area contributed by atoms with Crippen LogP contribution < -0.4 is 0 Å². The largest absolute Gasteiger partial charge is 0.353 e. The molecular formula is C21H15FN4S. The second kappa shape index (κ2) is 6.17. The van der Waals surface area contributed by atoms with Crippen LogP contribution in [0.3, 0.4) is 0 Å². The number of hydrogen-bond donors (Lipinski definition) is 2. The van der Waals surface area contributed by atoms with E-state index in [4.69, 9.17) is 0 Å². The summed E-state index contributed by atoms with van der Waals surface area (Å²) >= 11 is 1.16. The predicted octanol–water partition coefficient (Wildman–Crippen LogP) is 5.80. The molecule has 0 bridgehead atoms. The van der Waals surface area contributed by atoms with Gasteiger partial charge in [-0.3, -0.25) is 10.1 Å². The quantitative estimate of drug-likeness (QED) is 0.419. The molecule has 4 heterocycles. The van der Waals surface area contributed by atoms with Crippen LogP contribution in [0, 0.1) is 12.1 Å². The van der Waals surface area contributed by atoms with Crippen molar-refractivity contribution in [2.45, 2.75) is 6.92 Å². The number of benzene rings is 1. The molecular weight excluding hydrogens is 359 g/mol. The lowest BCUT2D eigenvalue weighted by Crippen LogP contribution is -1.84. The third-order valence-electron chi connectivity index (χ3n) is 4.69. The minimum absolute atomic E-state index is 0.178. The van der Waals surface area contributed by atoms with Gasteiger partial charge in [0.2, 0.25) is 0 Å². The highest BCUT2D eigenvalue weighted by atomic mass is 32.1. The molecule has 0 saturated carbocycles. The number of thiophene rings is 1. The zero-order chi connectivity index (χ0) is 18.4. The molecule has 5 rings (SSSR count). The van der Waals surface area contributed by atoms with E-state index in [0.717, 1.165) is 60.9 Å². The molecule has 4 nitrogen and oxygen atoms in total. The van der Waals surface area contributed by atoms with Crippen molar-refractivity contribution >= 4 is 22.2 Å². The molecule has 0 aliphatic carbocycles. The van der Waals surface area contributed by atoms with E-state index in [1.165, 1.54) is 6.07 Å². The van der Waals surface area contributed by atoms with E-state index in [9.17, 15) is 4.39 Å². The van der Waals surface area contributed by atoms with Crippen LogP contribution >= 0.6 is 11.3 Å². The summed E-state index contributed by atoms with van der Waals surface area (Å²) in [6.07, 6.45) is 3.60. The van der Waals surface area contributed by atoms with Gasteiger partial charge in [0.25, 0.3) is 0 Å². The molecule has 27 heavy (non-hydrogen) atoms. The van der Waals surface area contributed by atoms with E-state index in [1.807, 2.05) is 49.5 Å². The van der Waals surface area contributed by atoms with Gasteiger partial charge in [-0.25, -0.2) is 0 Å². The average molecular weight is 374 g/mol. The van der Waals surface area contributed by atoms with Crippen molar-refractivity contribution in [2.24, 2.45) is 0 Å². The van der Waals surface area contributed by atoms with Crippen LogP contribution in [0.5, 0.6) is 0 Å². The normalized spacial score (nSPS) is 11.3. The van der Waals surface area contributed by atoms with Crippen LogP contribution in [0.4, 0.5) is 4.39 Å². The predicted molar refractivity (Wildman–Crippen MR) is 107 cm³/mol. The fourth-order valence-electron chi connectivity index (χ4n) is 3.30. The van der Waals surface area contributed by atoms with Gasteiger partial charge in [-0.05, 0) is 48.9 Å². The van der Waals surface area contributed by atoms with E-state index in [0.29, 0.717) is 0 Å². The Morgan fingerprint density at radius 2 is 1.93 bits per heavy atom. The number of fused-ring (bicyclic) bond motifs is 1. The lowest BCUT2D eigenvalue weighted by molar-refractivity contribution is 0.657. The molecule has 6 heteroatoms. The summed E-state index contributed by atoms with van der Waals surface area (Å²) in [6, 6.07) is 15.4. The Balaban J connectivity index is 1.60. The Kier molecular flexibility index (Phi) is 3.65. The van der Waals surface area contributed by atoms with Gasteiger partial charge in [-0.2, -0.15) is 9.49 Å². The highest BCUT2D eigenvalue weighted by Gasteiger charge is 2.13. The monoisotopic (exact) mass is 374 g/mol. The number of aromatic amines is 2. The number of hydrogen-bond acceptors (Lipinski definition) is 3. The van der Waals surface area contributed by atoms with Gasteiger partial charge in [0.1, 0.15) is 0 Å². The lowest BCUT2D eigenvalue weighted by Gasteiger charge is -1.99. The fraction of sp³-hybridized carbons (Fsp3) is 0.0476. The summed E-state index contributed by atoms with van der Waals surface area (Å²) in [7, 11) is 0. The summed E-state index contributed by atoms with van der Waals surface area (Å²) in [5.74, 6) is 0. The number of nitrogens with zero attached hydrogens (tertiary/aromatic N) is 2. The molecule has 132 valence electrons. The number of nitrogens with one attached hydrogen (secondary N) is 2. The molecule has 0 fully saturated rings. The second-order valence-electron chi connectivity index (χ2n) is 6.41. The maximum absolute atomic E-state index is 13.5. The van der Waals surface area contributed by atoms with Crippen LogP contribution in [0.1, 0.15) is 5.56 Å². The molecule has 1 aromatic carbocycles. The molecule has 0 aliphatic heterocycles. The average Bonchev–Trinajstić information content (AvgIpc) is 3.40. The SMILES string of the molecule is Cc1ccncc1-c1cc(-c2cc3c(-c4ccc(F)s4)cccc3[nH]2)[nH]n1. The topological polar surface area (TPSA) is 57.4 Å². The van der Waals surface area contributed by atoms with Crippen LogP contribution in [-0.2, 0) is 0 Å². The highest BCUT2D eigenvalue weighted by Crippen LogP contribution is 2.35. The molecule has 0 amide bonds. The van der Waals surface area contributed by atoms with Crippen molar-refractivity contribution in [3.63, 3.8) is 0 Å². The number of pyridine rings is 1. The van der Waals surface area contributed by atoms with Crippen LogP contribution in [0.25, 0.3) is 44.0 Å². The molecule has 4 aromatic heterocycles. The minimum atomic E-state index is -0.178. The fourth-order valence-corrected chi connectivity index (χ4v) is 4.07. The lowest BCUT2D eigenvalue weighted by atomic mass is 10.1. The van der Waals surface area contributed by atoms with Gasteiger partial charge < -0.3 is 4.98 Å². The Labute approximate surface area is 158 Å². The Hall–Kier alpha value is -3.25. The maximum atomic E-state index is 13.5. The maximum Gasteiger partial charge on any atom is 0.176 e. The number of rotatable bonds is 3. The first-order valence-corrected chi connectivity index (χ1v) is 9.35. The zero-order valence-corrected chi connectivity index (χ0v) is 15.3. The van der Waals surface area contributed by atoms with Crippen LogP contribution in [0.15, 0.2) is 60.9 Å². The number of halogens is 1. The molecule has 0 atom stereocenters. The first kappa shape index (κ1) is 16.0. The third-order valence-corrected chi connectivity index (χ3v) is 5.59. The molecule has 0 radical (unpaired) electrons. The van der Waals surface area contributed by atoms with Gasteiger partial charge in [0.05, 0.1) is 17.1 Å². The van der Waals surface area contributed by atoms with Crippen molar-refractivity contribution < 1.29 is 4.39 Å². The summed E-state index contributed by atoms with van der Waals surface area (Å²) in [6.45, 7) is 2.04. The Morgan fingerprint density at radius 1 is 1.00 bits per heavy atom. The Morgan fingerprint density at radius 3 is 2.74 bits per heavy atom. The first-order valence-electron chi connectivity index (χ1n) is 8.53. The summed E-state index contributed by atoms with van der Waals surface area (Å²) in [5, 5.41) is 8.43. The van der Waals surface area contributed by atoms with E-state index in [2.05, 4.69) is 26.2 Å². The van der Waals surface area contributed by atoms with Crippen molar-refractivity contribution in [2.75, 3.05) is 0 Å². The number of aryl methyl sites for hydroxylation is 1. The van der Waals surface area contributed by atoms with Gasteiger partial charge in [0.15, 0.2) is 5.13 Å². The van der Waals surface area contributed by atoms with Crippen LogP contribution in [-0.4, -0.2) is 20.2 Å². The molecule has 0 aliphatic rings. The highest BCUT2D eigenvalue weighted by molar-refractivity contribution is 7.14. The standard InChI is InChI=1S/C21H15FN4S/c1-12-7-8-23-11-15(12)17-10-19(26-25-17)18-9-14-13(3-2-4-16(14)24-18)20-5-6-21(22)27-20/h2-11,24H,1H3,(H,25,26). The van der Waals surface area contributed by atoms with Gasteiger partial charge >= 0.3 is 0 Å². The summed E-state index contributed by atoms with van der Waals surface area (Å²) < 4.78 is 13.5. The van der Waals surface area contributed by atoms with Crippen molar-refractivity contribution in [3.05, 3.63) is 71.6 Å². The first-order chi connectivity index (χ1) is 13.2. The molecule has 0 spiro atoms. The molecule has 5 aromatic rings. The second-order valence-corrected chi connectivity index (χ2v) is 7.44. The smallest absolute Gasteiger partial charge is 0.176 e. The van der Waals surface area contributed by atoms with Crippen molar-refractivity contribution in [1.29, 1.82) is 0 Å². The van der Waals surface area contributed by atoms with E-state index >= 15 is 0 Å². The van der Waals surface area contributed by atoms with Gasteiger partial charge in [-0.1, -0.05) is 12.1 Å². The van der Waals surface area contributed by atoms with Gasteiger partial charge in [0, 0.05) is 39.3 Å². The number of H-pyrrole nitrogens is 2. The number of aromatic nitrogens is 4. The van der Waals surface area contributed by atoms with E-state index in [-0.39, 0.29) is 5.13 Å². The molecule has 2 N–H and O–H groups in total. The zero-order valence-electron chi connectivity index (χ0n) is 14.5. The van der Waals surface area contributed by atoms with Crippen molar-refractivity contribution in [3.8, 4) is 33.1 Å². The molecule has 0 saturated heterocycles. The molecule has 0 unspecified atom stereocenters. The van der Waals surface area contributed by atoms with E-state index < -0.39 is 0 Å². The summed E-state index contributed by atoms with van der Waals surface area (Å²) in [4.78, 5) is 8.54. The summed E-state index contributed by atoms with van der Waals surface area (Å²) in [5.41, 5.74) is 6.85. The third kappa shape index (κ3) is 2.74.